The van der Waals surface area contributed by atoms with Gasteiger partial charge in [-0.25, -0.2) is 14.8 Å². The molecule has 1 aromatic heterocycles. The number of urea groups is 1. The van der Waals surface area contributed by atoms with Crippen molar-refractivity contribution in [3.8, 4) is 22.5 Å². The Kier molecular flexibility index (Phi) is 5.29. The predicted molar refractivity (Wildman–Crippen MR) is 122 cm³/mol. The van der Waals surface area contributed by atoms with Gasteiger partial charge in [-0.15, -0.1) is 0 Å². The SMILES string of the molecule is O=C(Nc1ccc2nc(-c3ccccc3)c(-c3ccccc3)nc2c1)N1CCOCC1. The number of hydrogen-bond acceptors (Lipinski definition) is 4. The van der Waals surface area contributed by atoms with Crippen LogP contribution >= 0.6 is 0 Å². The molecule has 1 saturated heterocycles. The van der Waals surface area contributed by atoms with Crippen molar-refractivity contribution in [3.63, 3.8) is 0 Å². The van der Waals surface area contributed by atoms with E-state index in [9.17, 15) is 4.79 Å². The highest BCUT2D eigenvalue weighted by Crippen LogP contribution is 2.31. The van der Waals surface area contributed by atoms with E-state index in [1.54, 1.807) is 4.90 Å². The number of aromatic nitrogens is 2. The zero-order valence-corrected chi connectivity index (χ0v) is 17.0. The number of anilines is 1. The summed E-state index contributed by atoms with van der Waals surface area (Å²) in [5, 5.41) is 2.97. The number of carbonyl (C=O) groups excluding carboxylic acids is 1. The Morgan fingerprint density at radius 3 is 1.97 bits per heavy atom. The minimum Gasteiger partial charge on any atom is -0.378 e. The van der Waals surface area contributed by atoms with Gasteiger partial charge in [-0.1, -0.05) is 60.7 Å². The van der Waals surface area contributed by atoms with Gasteiger partial charge in [0, 0.05) is 29.9 Å². The molecule has 1 fully saturated rings. The molecule has 0 saturated carbocycles. The molecule has 1 aliphatic rings. The smallest absolute Gasteiger partial charge is 0.322 e. The topological polar surface area (TPSA) is 67.4 Å². The third-order valence-electron chi connectivity index (χ3n) is 5.31. The van der Waals surface area contributed by atoms with Crippen molar-refractivity contribution in [1.82, 2.24) is 14.9 Å². The lowest BCUT2D eigenvalue weighted by molar-refractivity contribution is 0.0564. The second kappa shape index (κ2) is 8.53. The molecule has 0 atom stereocenters. The molecule has 2 amide bonds. The van der Waals surface area contributed by atoms with E-state index in [1.165, 1.54) is 0 Å². The maximum absolute atomic E-state index is 12.6. The van der Waals surface area contributed by atoms with Crippen LogP contribution in [0, 0.1) is 0 Å². The number of carbonyl (C=O) groups is 1. The van der Waals surface area contributed by atoms with E-state index >= 15 is 0 Å². The molecular formula is C25H22N4O2. The van der Waals surface area contributed by atoms with E-state index in [0.717, 1.165) is 33.5 Å². The average Bonchev–Trinajstić information content (AvgIpc) is 2.85. The molecule has 6 heteroatoms. The van der Waals surface area contributed by atoms with Gasteiger partial charge in [0.15, 0.2) is 0 Å². The first-order valence-corrected chi connectivity index (χ1v) is 10.3. The fraction of sp³-hybridized carbons (Fsp3) is 0.160. The molecule has 3 aromatic carbocycles. The minimum absolute atomic E-state index is 0.125. The van der Waals surface area contributed by atoms with Crippen LogP contribution in [0.2, 0.25) is 0 Å². The normalized spacial score (nSPS) is 13.9. The van der Waals surface area contributed by atoms with Gasteiger partial charge in [0.05, 0.1) is 35.6 Å². The third-order valence-corrected chi connectivity index (χ3v) is 5.31. The number of nitrogens with zero attached hydrogens (tertiary/aromatic N) is 3. The molecule has 4 aromatic rings. The minimum atomic E-state index is -0.125. The molecular weight excluding hydrogens is 388 g/mol. The summed E-state index contributed by atoms with van der Waals surface area (Å²) in [6.45, 7) is 2.33. The van der Waals surface area contributed by atoms with Crippen molar-refractivity contribution in [3.05, 3.63) is 78.9 Å². The Morgan fingerprint density at radius 2 is 1.35 bits per heavy atom. The lowest BCUT2D eigenvalue weighted by Crippen LogP contribution is -2.43. The molecule has 1 aliphatic heterocycles. The second-order valence-corrected chi connectivity index (χ2v) is 7.39. The van der Waals surface area contributed by atoms with Crippen LogP contribution < -0.4 is 5.32 Å². The zero-order chi connectivity index (χ0) is 21.0. The van der Waals surface area contributed by atoms with Crippen LogP contribution in [0.25, 0.3) is 33.5 Å². The molecule has 0 aliphatic carbocycles. The van der Waals surface area contributed by atoms with Crippen LogP contribution in [0.4, 0.5) is 10.5 Å². The summed E-state index contributed by atoms with van der Waals surface area (Å²) >= 11 is 0. The summed E-state index contributed by atoms with van der Waals surface area (Å²) in [5.41, 5.74) is 5.88. The standard InChI is InChI=1S/C25H22N4O2/c30-25(29-13-15-31-16-14-29)26-20-11-12-21-22(17-20)28-24(19-9-5-2-6-10-19)23(27-21)18-7-3-1-4-8-18/h1-12,17H,13-16H2,(H,26,30). The van der Waals surface area contributed by atoms with Gasteiger partial charge in [0.25, 0.3) is 0 Å². The lowest BCUT2D eigenvalue weighted by Gasteiger charge is -2.26. The average molecular weight is 410 g/mol. The maximum atomic E-state index is 12.6. The Balaban J connectivity index is 1.55. The first kappa shape index (κ1) is 19.2. The summed E-state index contributed by atoms with van der Waals surface area (Å²) in [7, 11) is 0. The predicted octanol–water partition coefficient (Wildman–Crippen LogP) is 4.83. The zero-order valence-electron chi connectivity index (χ0n) is 17.0. The molecule has 1 N–H and O–H groups in total. The van der Waals surface area contributed by atoms with Crippen molar-refractivity contribution in [1.29, 1.82) is 0 Å². The van der Waals surface area contributed by atoms with Crippen molar-refractivity contribution >= 4 is 22.8 Å². The fourth-order valence-electron chi connectivity index (χ4n) is 3.70. The number of morpholine rings is 1. The van der Waals surface area contributed by atoms with Crippen molar-refractivity contribution in [2.45, 2.75) is 0 Å². The number of hydrogen-bond donors (Lipinski definition) is 1. The Morgan fingerprint density at radius 1 is 0.774 bits per heavy atom. The van der Waals surface area contributed by atoms with Gasteiger partial charge in [-0.3, -0.25) is 0 Å². The van der Waals surface area contributed by atoms with Gasteiger partial charge in [0.2, 0.25) is 0 Å². The molecule has 6 nitrogen and oxygen atoms in total. The van der Waals surface area contributed by atoms with E-state index in [4.69, 9.17) is 14.7 Å². The lowest BCUT2D eigenvalue weighted by atomic mass is 10.0. The fourth-order valence-corrected chi connectivity index (χ4v) is 3.70. The molecule has 0 spiro atoms. The summed E-state index contributed by atoms with van der Waals surface area (Å²) in [4.78, 5) is 24.2. The van der Waals surface area contributed by atoms with E-state index in [1.807, 2.05) is 78.9 Å². The number of ether oxygens (including phenoxy) is 1. The highest BCUT2D eigenvalue weighted by molar-refractivity contribution is 5.93. The Hall–Kier alpha value is -3.77. The second-order valence-electron chi connectivity index (χ2n) is 7.39. The monoisotopic (exact) mass is 410 g/mol. The molecule has 0 radical (unpaired) electrons. The first-order chi connectivity index (χ1) is 15.3. The van der Waals surface area contributed by atoms with Gasteiger partial charge in [-0.05, 0) is 18.2 Å². The Labute approximate surface area is 180 Å². The third kappa shape index (κ3) is 4.11. The summed E-state index contributed by atoms with van der Waals surface area (Å²) < 4.78 is 5.32. The number of benzene rings is 3. The summed E-state index contributed by atoms with van der Waals surface area (Å²) in [6.07, 6.45) is 0. The van der Waals surface area contributed by atoms with E-state index < -0.39 is 0 Å². The quantitative estimate of drug-likeness (QED) is 0.525. The van der Waals surface area contributed by atoms with Crippen LogP contribution in [0.1, 0.15) is 0 Å². The Bertz CT molecular complexity index is 1210. The molecule has 0 unspecified atom stereocenters. The van der Waals surface area contributed by atoms with Crippen LogP contribution in [-0.2, 0) is 4.74 Å². The maximum Gasteiger partial charge on any atom is 0.322 e. The first-order valence-electron chi connectivity index (χ1n) is 10.3. The molecule has 154 valence electrons. The summed E-state index contributed by atoms with van der Waals surface area (Å²) in [6, 6.07) is 25.6. The number of nitrogens with one attached hydrogen (secondary N) is 1. The number of rotatable bonds is 3. The van der Waals surface area contributed by atoms with Gasteiger partial charge >= 0.3 is 6.03 Å². The summed E-state index contributed by atoms with van der Waals surface area (Å²) in [5.74, 6) is 0. The van der Waals surface area contributed by atoms with Gasteiger partial charge in [-0.2, -0.15) is 0 Å². The van der Waals surface area contributed by atoms with E-state index in [-0.39, 0.29) is 6.03 Å². The van der Waals surface area contributed by atoms with Crippen molar-refractivity contribution in [2.24, 2.45) is 0 Å². The highest BCUT2D eigenvalue weighted by atomic mass is 16.5. The van der Waals surface area contributed by atoms with Crippen LogP contribution in [-0.4, -0.2) is 47.2 Å². The number of amides is 2. The van der Waals surface area contributed by atoms with E-state index in [0.29, 0.717) is 32.0 Å². The molecule has 2 heterocycles. The largest absolute Gasteiger partial charge is 0.378 e. The van der Waals surface area contributed by atoms with Crippen LogP contribution in [0.3, 0.4) is 0 Å². The van der Waals surface area contributed by atoms with Gasteiger partial charge < -0.3 is 15.0 Å². The van der Waals surface area contributed by atoms with Crippen molar-refractivity contribution < 1.29 is 9.53 Å². The van der Waals surface area contributed by atoms with Gasteiger partial charge in [0.1, 0.15) is 0 Å². The van der Waals surface area contributed by atoms with Crippen LogP contribution in [0.5, 0.6) is 0 Å². The number of fused-ring (bicyclic) bond motifs is 1. The molecule has 31 heavy (non-hydrogen) atoms. The van der Waals surface area contributed by atoms with Crippen LogP contribution in [0.15, 0.2) is 78.9 Å². The molecule has 0 bridgehead atoms. The van der Waals surface area contributed by atoms with E-state index in [2.05, 4.69) is 5.32 Å². The highest BCUT2D eigenvalue weighted by Gasteiger charge is 2.18. The van der Waals surface area contributed by atoms with Crippen molar-refractivity contribution in [2.75, 3.05) is 31.6 Å². The molecule has 5 rings (SSSR count).